The van der Waals surface area contributed by atoms with E-state index in [9.17, 15) is 14.4 Å². The van der Waals surface area contributed by atoms with Crippen molar-refractivity contribution in [1.29, 1.82) is 0 Å². The molecule has 1 unspecified atom stereocenters. The molecule has 0 radical (unpaired) electrons. The van der Waals surface area contributed by atoms with Gasteiger partial charge in [0.15, 0.2) is 18.4 Å². The fourth-order valence-electron chi connectivity index (χ4n) is 1.66. The summed E-state index contributed by atoms with van der Waals surface area (Å²) < 4.78 is 13.1. The summed E-state index contributed by atoms with van der Waals surface area (Å²) in [5, 5.41) is 3.63. The minimum Gasteiger partial charge on any atom is -0.325 e. The number of benzene rings is 1. The van der Waals surface area contributed by atoms with E-state index in [4.69, 9.17) is 14.9 Å². The van der Waals surface area contributed by atoms with Crippen LogP contribution in [0.3, 0.4) is 0 Å². The molecule has 1 aromatic carbocycles. The van der Waals surface area contributed by atoms with Crippen molar-refractivity contribution < 1.29 is 28.0 Å². The molecule has 10 nitrogen and oxygen atoms in total. The first-order valence-electron chi connectivity index (χ1n) is 5.78. The third kappa shape index (κ3) is 3.35. The molecule has 0 bridgehead atoms. The van der Waals surface area contributed by atoms with Crippen molar-refractivity contribution >= 4 is 35.8 Å². The van der Waals surface area contributed by atoms with E-state index in [1.807, 2.05) is 0 Å². The van der Waals surface area contributed by atoms with Gasteiger partial charge in [-0.3, -0.25) is 13.8 Å². The summed E-state index contributed by atoms with van der Waals surface area (Å²) in [4.78, 5) is 42.5. The molecule has 1 fully saturated rings. The average Bonchev–Trinajstić information content (AvgIpc) is 2.76. The van der Waals surface area contributed by atoms with Crippen LogP contribution in [-0.4, -0.2) is 33.5 Å². The van der Waals surface area contributed by atoms with Gasteiger partial charge in [0.25, 0.3) is 11.8 Å². The van der Waals surface area contributed by atoms with Gasteiger partial charge in [-0.1, -0.05) is 22.3 Å². The third-order valence-corrected chi connectivity index (χ3v) is 2.98. The summed E-state index contributed by atoms with van der Waals surface area (Å²) in [6.45, 7) is 0. The Morgan fingerprint density at radius 2 is 2.09 bits per heavy atom. The minimum atomic E-state index is -1.21. The van der Waals surface area contributed by atoms with Gasteiger partial charge in [0.2, 0.25) is 0 Å². The number of azide groups is 1. The Hall–Kier alpha value is -2.59. The highest BCUT2D eigenvalue weighted by atomic mass is 32.2. The lowest BCUT2D eigenvalue weighted by molar-refractivity contribution is -0.174. The average molecular weight is 324 g/mol. The summed E-state index contributed by atoms with van der Waals surface area (Å²) in [6.07, 6.45) is -1.54. The zero-order valence-electron chi connectivity index (χ0n) is 10.8. The van der Waals surface area contributed by atoms with Gasteiger partial charge in [0.1, 0.15) is 0 Å². The highest BCUT2D eigenvalue weighted by Gasteiger charge is 2.43. The summed E-state index contributed by atoms with van der Waals surface area (Å²) in [5.74, 6) is -2.58. The maximum absolute atomic E-state index is 11.9. The number of nitrogens with zero attached hydrogens (tertiary/aromatic N) is 4. The maximum atomic E-state index is 11.9. The number of imide groups is 1. The Morgan fingerprint density at radius 3 is 2.68 bits per heavy atom. The topological polar surface area (TPSA) is 142 Å². The predicted molar refractivity (Wildman–Crippen MR) is 72.2 cm³/mol. The fourth-order valence-corrected chi connectivity index (χ4v) is 1.91. The Morgan fingerprint density at radius 1 is 1.41 bits per heavy atom. The molecule has 2 rings (SSSR count). The van der Waals surface area contributed by atoms with Crippen LogP contribution in [0, 0.1) is 0 Å². The molecular formula is C11H8N4O6S. The van der Waals surface area contributed by atoms with E-state index in [2.05, 4.69) is 14.2 Å². The molecule has 1 aromatic rings. The van der Waals surface area contributed by atoms with E-state index in [-0.39, 0.29) is 24.3 Å². The largest absolute Gasteiger partial charge is 0.363 e. The molecule has 11 heteroatoms. The highest BCUT2D eigenvalue weighted by molar-refractivity contribution is 7.88. The molecule has 1 atom stereocenters. The van der Waals surface area contributed by atoms with E-state index in [1.165, 1.54) is 24.3 Å². The normalized spacial score (nSPS) is 17.3. The SMILES string of the molecule is [N-]=[N+]=Nc1ccc(C(=O)ON2C(=O)CC(OSO)C2=O)cc1. The van der Waals surface area contributed by atoms with Crippen LogP contribution >= 0.6 is 12.3 Å². The Bertz CT molecular complexity index is 657. The van der Waals surface area contributed by atoms with Crippen molar-refractivity contribution in [1.82, 2.24) is 5.06 Å². The molecule has 1 N–H and O–H groups in total. The summed E-state index contributed by atoms with van der Waals surface area (Å²) in [7, 11) is 0. The molecule has 1 saturated heterocycles. The van der Waals surface area contributed by atoms with Crippen LogP contribution in [0.15, 0.2) is 29.4 Å². The summed E-state index contributed by atoms with van der Waals surface area (Å²) in [6, 6.07) is 5.38. The second kappa shape index (κ2) is 6.91. The van der Waals surface area contributed by atoms with Crippen LogP contribution in [0.5, 0.6) is 0 Å². The molecule has 22 heavy (non-hydrogen) atoms. The number of rotatable bonds is 5. The lowest BCUT2D eigenvalue weighted by Crippen LogP contribution is -2.34. The quantitative estimate of drug-likeness (QED) is 0.287. The number of carbonyl (C=O) groups is 3. The van der Waals surface area contributed by atoms with Crippen LogP contribution in [0.25, 0.3) is 10.4 Å². The van der Waals surface area contributed by atoms with Gasteiger partial charge in [0, 0.05) is 10.6 Å². The van der Waals surface area contributed by atoms with E-state index in [0.29, 0.717) is 10.8 Å². The van der Waals surface area contributed by atoms with Crippen LogP contribution in [0.2, 0.25) is 0 Å². The monoisotopic (exact) mass is 324 g/mol. The van der Waals surface area contributed by atoms with Gasteiger partial charge in [-0.05, 0) is 17.7 Å². The smallest absolute Gasteiger partial charge is 0.325 e. The van der Waals surface area contributed by atoms with Crippen LogP contribution in [0.1, 0.15) is 16.8 Å². The van der Waals surface area contributed by atoms with Crippen molar-refractivity contribution in [3.8, 4) is 0 Å². The van der Waals surface area contributed by atoms with Crippen LogP contribution in [-0.2, 0) is 18.6 Å². The highest BCUT2D eigenvalue weighted by Crippen LogP contribution is 2.21. The van der Waals surface area contributed by atoms with Gasteiger partial charge in [-0.25, -0.2) is 4.79 Å². The Labute approximate surface area is 127 Å². The van der Waals surface area contributed by atoms with E-state index in [1.54, 1.807) is 0 Å². The summed E-state index contributed by atoms with van der Waals surface area (Å²) in [5.41, 5.74) is 8.61. The second-order valence-electron chi connectivity index (χ2n) is 4.00. The maximum Gasteiger partial charge on any atom is 0.363 e. The van der Waals surface area contributed by atoms with Gasteiger partial charge in [-0.15, -0.1) is 0 Å². The zero-order chi connectivity index (χ0) is 16.1. The zero-order valence-corrected chi connectivity index (χ0v) is 11.6. The lowest BCUT2D eigenvalue weighted by Gasteiger charge is -2.13. The molecule has 0 aliphatic carbocycles. The summed E-state index contributed by atoms with van der Waals surface area (Å²) >= 11 is -0.0517. The predicted octanol–water partition coefficient (Wildman–Crippen LogP) is 1.97. The van der Waals surface area contributed by atoms with Crippen molar-refractivity contribution in [3.63, 3.8) is 0 Å². The Kier molecular flexibility index (Phi) is 4.96. The first kappa shape index (κ1) is 15.8. The molecular weight excluding hydrogens is 316 g/mol. The van der Waals surface area contributed by atoms with Crippen molar-refractivity contribution in [2.45, 2.75) is 12.5 Å². The van der Waals surface area contributed by atoms with Crippen molar-refractivity contribution in [2.24, 2.45) is 5.11 Å². The Balaban J connectivity index is 2.06. The number of hydroxylamine groups is 2. The fraction of sp³-hybridized carbons (Fsp3) is 0.182. The molecule has 0 aromatic heterocycles. The number of hydrogen-bond donors (Lipinski definition) is 1. The van der Waals surface area contributed by atoms with Gasteiger partial charge < -0.3 is 9.39 Å². The van der Waals surface area contributed by atoms with Gasteiger partial charge >= 0.3 is 5.97 Å². The van der Waals surface area contributed by atoms with Gasteiger partial charge in [0.05, 0.1) is 12.0 Å². The van der Waals surface area contributed by atoms with E-state index in [0.717, 1.165) is 0 Å². The first-order chi connectivity index (χ1) is 10.6. The van der Waals surface area contributed by atoms with E-state index >= 15 is 0 Å². The molecule has 1 heterocycles. The van der Waals surface area contributed by atoms with Crippen LogP contribution < -0.4 is 0 Å². The molecule has 0 spiro atoms. The van der Waals surface area contributed by atoms with Gasteiger partial charge in [-0.2, -0.15) is 0 Å². The number of hydrogen-bond acceptors (Lipinski definition) is 8. The molecule has 2 amide bonds. The molecule has 1 aliphatic heterocycles. The van der Waals surface area contributed by atoms with E-state index < -0.39 is 23.9 Å². The van der Waals surface area contributed by atoms with Crippen molar-refractivity contribution in [3.05, 3.63) is 40.3 Å². The minimum absolute atomic E-state index is 0.0517. The second-order valence-corrected chi connectivity index (χ2v) is 4.35. The lowest BCUT2D eigenvalue weighted by atomic mass is 10.2. The number of carbonyl (C=O) groups excluding carboxylic acids is 3. The standard InChI is InChI=1S/C11H8N4O6S/c12-14-13-7-3-1-6(2-4-7)11(18)20-15-9(16)5-8(10(15)17)21-22-19/h1-4,8,19H,5H2. The number of amides is 2. The van der Waals surface area contributed by atoms with Crippen LogP contribution in [0.4, 0.5) is 5.69 Å². The van der Waals surface area contributed by atoms with Crippen molar-refractivity contribution in [2.75, 3.05) is 0 Å². The third-order valence-electron chi connectivity index (χ3n) is 2.66. The molecule has 1 aliphatic rings. The molecule has 114 valence electrons. The molecule has 0 saturated carbocycles. The first-order valence-corrected chi connectivity index (χ1v) is 6.48.